The highest BCUT2D eigenvalue weighted by Crippen LogP contribution is 2.19. The number of hydrogen-bond donors (Lipinski definition) is 3. The van der Waals surface area contributed by atoms with Crippen molar-refractivity contribution in [1.82, 2.24) is 20.0 Å². The Balaban J connectivity index is 1.34. The topological polar surface area (TPSA) is 96.8 Å². The molecular formula is C22H21N7O. The van der Waals surface area contributed by atoms with Crippen molar-refractivity contribution in [2.24, 2.45) is 0 Å². The zero-order valence-corrected chi connectivity index (χ0v) is 16.6. The molecule has 0 unspecified atom stereocenters. The number of nitrogens with one attached hydrogen (secondary N) is 3. The summed E-state index contributed by atoms with van der Waals surface area (Å²) in [6.45, 7) is 4.05. The van der Waals surface area contributed by atoms with Crippen molar-refractivity contribution in [3.63, 3.8) is 0 Å². The number of benzene rings is 2. The molecule has 4 aromatic rings. The van der Waals surface area contributed by atoms with E-state index >= 15 is 0 Å². The highest BCUT2D eigenvalue weighted by atomic mass is 16.2. The molecule has 0 aliphatic rings. The number of urea groups is 1. The first kappa shape index (κ1) is 19.1. The molecule has 2 heterocycles. The second-order valence-electron chi connectivity index (χ2n) is 6.81. The number of anilines is 4. The van der Waals surface area contributed by atoms with Gasteiger partial charge in [-0.2, -0.15) is 5.10 Å². The number of nitrogens with zero attached hydrogens (tertiary/aromatic N) is 4. The second kappa shape index (κ2) is 8.44. The van der Waals surface area contributed by atoms with E-state index in [1.165, 1.54) is 5.56 Å². The highest BCUT2D eigenvalue weighted by molar-refractivity contribution is 5.99. The van der Waals surface area contributed by atoms with Crippen molar-refractivity contribution in [2.45, 2.75) is 13.8 Å². The normalized spacial score (nSPS) is 10.5. The van der Waals surface area contributed by atoms with Gasteiger partial charge < -0.3 is 16.0 Å². The van der Waals surface area contributed by atoms with E-state index in [0.29, 0.717) is 17.3 Å². The largest absolute Gasteiger partial charge is 0.339 e. The molecule has 3 N–H and O–H groups in total. The average Bonchev–Trinajstić information content (AvgIpc) is 3.28. The summed E-state index contributed by atoms with van der Waals surface area (Å²) in [5.41, 5.74) is 4.58. The number of carbonyl (C=O) groups excluding carboxylic acids is 1. The first-order valence-corrected chi connectivity index (χ1v) is 9.43. The van der Waals surface area contributed by atoms with Crippen LogP contribution in [-0.2, 0) is 0 Å². The van der Waals surface area contributed by atoms with E-state index in [4.69, 9.17) is 0 Å². The monoisotopic (exact) mass is 399 g/mol. The molecule has 0 saturated heterocycles. The van der Waals surface area contributed by atoms with E-state index in [9.17, 15) is 4.79 Å². The number of hydrogen-bond acceptors (Lipinski definition) is 5. The fraction of sp³-hybridized carbons (Fsp3) is 0.0909. The van der Waals surface area contributed by atoms with Gasteiger partial charge in [-0.25, -0.2) is 9.48 Å². The van der Waals surface area contributed by atoms with E-state index in [1.54, 1.807) is 17.1 Å². The fourth-order valence-corrected chi connectivity index (χ4v) is 2.82. The Kier molecular flexibility index (Phi) is 5.38. The standard InChI is InChI=1S/C22H21N7O/c1-15-4-5-19(14-16(15)2)26-22(30)25-18-8-6-17(7-9-18)24-20-10-11-21(28-27-20)29-13-3-12-23-29/h3-14H,1-2H3,(H,24,27)(H2,25,26,30). The number of carbonyl (C=O) groups is 1. The van der Waals surface area contributed by atoms with Gasteiger partial charge in [0.15, 0.2) is 11.6 Å². The maximum Gasteiger partial charge on any atom is 0.323 e. The Morgan fingerprint density at radius 3 is 2.23 bits per heavy atom. The predicted octanol–water partition coefficient (Wildman–Crippen LogP) is 4.67. The summed E-state index contributed by atoms with van der Waals surface area (Å²) in [4.78, 5) is 12.2. The lowest BCUT2D eigenvalue weighted by molar-refractivity contribution is 0.262. The van der Waals surface area contributed by atoms with Crippen LogP contribution in [0, 0.1) is 13.8 Å². The lowest BCUT2D eigenvalue weighted by atomic mass is 10.1. The Hall–Kier alpha value is -4.20. The van der Waals surface area contributed by atoms with Crippen molar-refractivity contribution in [1.29, 1.82) is 0 Å². The van der Waals surface area contributed by atoms with Crippen molar-refractivity contribution < 1.29 is 4.79 Å². The quantitative estimate of drug-likeness (QED) is 0.453. The van der Waals surface area contributed by atoms with Crippen LogP contribution in [0.2, 0.25) is 0 Å². The molecule has 2 aromatic heterocycles. The van der Waals surface area contributed by atoms with Gasteiger partial charge in [-0.15, -0.1) is 10.2 Å². The zero-order valence-electron chi connectivity index (χ0n) is 16.6. The van der Waals surface area contributed by atoms with Crippen LogP contribution in [0.4, 0.5) is 27.7 Å². The van der Waals surface area contributed by atoms with Gasteiger partial charge in [0.2, 0.25) is 0 Å². The molecule has 150 valence electrons. The van der Waals surface area contributed by atoms with E-state index in [1.807, 2.05) is 74.5 Å². The Bertz CT molecular complexity index is 1140. The summed E-state index contributed by atoms with van der Waals surface area (Å²) in [7, 11) is 0. The van der Waals surface area contributed by atoms with Crippen LogP contribution in [0.3, 0.4) is 0 Å². The average molecular weight is 399 g/mol. The second-order valence-corrected chi connectivity index (χ2v) is 6.81. The van der Waals surface area contributed by atoms with E-state index in [0.717, 1.165) is 16.9 Å². The smallest absolute Gasteiger partial charge is 0.323 e. The summed E-state index contributed by atoms with van der Waals surface area (Å²) < 4.78 is 1.64. The summed E-state index contributed by atoms with van der Waals surface area (Å²) in [6.07, 6.45) is 3.49. The van der Waals surface area contributed by atoms with Crippen LogP contribution in [0.1, 0.15) is 11.1 Å². The number of rotatable bonds is 5. The third-order valence-electron chi connectivity index (χ3n) is 4.57. The van der Waals surface area contributed by atoms with Gasteiger partial charge in [-0.05, 0) is 79.6 Å². The Morgan fingerprint density at radius 2 is 1.57 bits per heavy atom. The molecule has 8 heteroatoms. The molecule has 0 fully saturated rings. The minimum atomic E-state index is -0.293. The van der Waals surface area contributed by atoms with Gasteiger partial charge in [0, 0.05) is 29.5 Å². The first-order chi connectivity index (χ1) is 14.6. The lowest BCUT2D eigenvalue weighted by Crippen LogP contribution is -2.19. The molecule has 8 nitrogen and oxygen atoms in total. The molecule has 0 aliphatic heterocycles. The van der Waals surface area contributed by atoms with Gasteiger partial charge in [0.25, 0.3) is 0 Å². The fourth-order valence-electron chi connectivity index (χ4n) is 2.82. The van der Waals surface area contributed by atoms with Crippen LogP contribution >= 0.6 is 0 Å². The van der Waals surface area contributed by atoms with Crippen LogP contribution < -0.4 is 16.0 Å². The number of aryl methyl sites for hydroxylation is 2. The van der Waals surface area contributed by atoms with E-state index in [-0.39, 0.29) is 6.03 Å². The van der Waals surface area contributed by atoms with Crippen molar-refractivity contribution in [3.05, 3.63) is 84.2 Å². The Labute approximate surface area is 174 Å². The third kappa shape index (κ3) is 4.61. The van der Waals surface area contributed by atoms with Gasteiger partial charge >= 0.3 is 6.03 Å². The molecule has 2 amide bonds. The molecule has 0 aliphatic carbocycles. The molecule has 4 rings (SSSR count). The minimum absolute atomic E-state index is 0.293. The van der Waals surface area contributed by atoms with Crippen molar-refractivity contribution >= 4 is 28.9 Å². The third-order valence-corrected chi connectivity index (χ3v) is 4.57. The summed E-state index contributed by atoms with van der Waals surface area (Å²) >= 11 is 0. The van der Waals surface area contributed by atoms with Gasteiger partial charge in [0.05, 0.1) is 0 Å². The van der Waals surface area contributed by atoms with Gasteiger partial charge in [-0.1, -0.05) is 6.07 Å². The van der Waals surface area contributed by atoms with E-state index < -0.39 is 0 Å². The minimum Gasteiger partial charge on any atom is -0.339 e. The number of aromatic nitrogens is 4. The maximum atomic E-state index is 12.2. The molecule has 0 radical (unpaired) electrons. The summed E-state index contributed by atoms with van der Waals surface area (Å²) in [5, 5.41) is 21.3. The molecule has 0 saturated carbocycles. The zero-order chi connectivity index (χ0) is 20.9. The van der Waals surface area contributed by atoms with Crippen molar-refractivity contribution in [3.8, 4) is 5.82 Å². The molecular weight excluding hydrogens is 378 g/mol. The van der Waals surface area contributed by atoms with Crippen molar-refractivity contribution in [2.75, 3.05) is 16.0 Å². The van der Waals surface area contributed by atoms with Crippen LogP contribution in [0.15, 0.2) is 73.1 Å². The molecule has 30 heavy (non-hydrogen) atoms. The van der Waals surface area contributed by atoms with E-state index in [2.05, 4.69) is 31.2 Å². The SMILES string of the molecule is Cc1ccc(NC(=O)Nc2ccc(Nc3ccc(-n4cccn4)nn3)cc2)cc1C. The molecule has 0 bridgehead atoms. The van der Waals surface area contributed by atoms with Crippen LogP contribution in [0.25, 0.3) is 5.82 Å². The maximum absolute atomic E-state index is 12.2. The van der Waals surface area contributed by atoms with Crippen LogP contribution in [0.5, 0.6) is 0 Å². The molecule has 0 spiro atoms. The van der Waals surface area contributed by atoms with Gasteiger partial charge in [0.1, 0.15) is 0 Å². The molecule has 0 atom stereocenters. The highest BCUT2D eigenvalue weighted by Gasteiger charge is 2.05. The number of amides is 2. The Morgan fingerprint density at radius 1 is 0.833 bits per heavy atom. The summed E-state index contributed by atoms with van der Waals surface area (Å²) in [6, 6.07) is 18.3. The van der Waals surface area contributed by atoms with Gasteiger partial charge in [-0.3, -0.25) is 0 Å². The predicted molar refractivity (Wildman–Crippen MR) is 117 cm³/mol. The lowest BCUT2D eigenvalue weighted by Gasteiger charge is -2.10. The first-order valence-electron chi connectivity index (χ1n) is 9.43. The molecule has 2 aromatic carbocycles. The summed E-state index contributed by atoms with van der Waals surface area (Å²) in [5.74, 6) is 1.25. The van der Waals surface area contributed by atoms with Crippen LogP contribution in [-0.4, -0.2) is 26.0 Å².